The number of ether oxygens (including phenoxy) is 1. The van der Waals surface area contributed by atoms with Crippen molar-refractivity contribution in [2.24, 2.45) is 5.84 Å². The normalized spacial score (nSPS) is 18.0. The molecule has 1 unspecified atom stereocenters. The molecule has 0 fully saturated rings. The Morgan fingerprint density at radius 2 is 1.95 bits per heavy atom. The summed E-state index contributed by atoms with van der Waals surface area (Å²) in [7, 11) is 0. The third kappa shape index (κ3) is 2.94. The van der Waals surface area contributed by atoms with E-state index in [1.54, 1.807) is 0 Å². The van der Waals surface area contributed by atoms with Crippen LogP contribution in [0.3, 0.4) is 0 Å². The monoisotopic (exact) mass is 278 g/mol. The molecule has 112 valence electrons. The van der Waals surface area contributed by atoms with Gasteiger partial charge in [-0.2, -0.15) is 0 Å². The number of nitrogens with zero attached hydrogens (tertiary/aromatic N) is 2. The molecule has 1 aliphatic rings. The van der Waals surface area contributed by atoms with Crippen LogP contribution in [0.5, 0.6) is 0 Å². The zero-order valence-corrected chi connectivity index (χ0v) is 12.8. The largest absolute Gasteiger partial charge is 0.368 e. The van der Waals surface area contributed by atoms with Gasteiger partial charge in [0.1, 0.15) is 11.4 Å². The molecule has 0 aliphatic heterocycles. The molecule has 0 radical (unpaired) electrons. The van der Waals surface area contributed by atoms with Crippen LogP contribution >= 0.6 is 0 Å². The van der Waals surface area contributed by atoms with Crippen LogP contribution in [0.4, 0.5) is 5.82 Å². The van der Waals surface area contributed by atoms with Crippen molar-refractivity contribution in [3.05, 3.63) is 17.1 Å². The van der Waals surface area contributed by atoms with Gasteiger partial charge in [0.05, 0.1) is 0 Å². The van der Waals surface area contributed by atoms with Gasteiger partial charge >= 0.3 is 0 Å². The van der Waals surface area contributed by atoms with E-state index in [-0.39, 0.29) is 0 Å². The smallest absolute Gasteiger partial charge is 0.162 e. The number of rotatable bonds is 5. The van der Waals surface area contributed by atoms with Gasteiger partial charge in [-0.15, -0.1) is 0 Å². The van der Waals surface area contributed by atoms with Crippen LogP contribution in [0.1, 0.15) is 63.5 Å². The molecular formula is C15H26N4O. The maximum atomic E-state index is 5.89. The molecule has 1 atom stereocenters. The van der Waals surface area contributed by atoms with E-state index in [0.717, 1.165) is 36.6 Å². The fraction of sp³-hybridized carbons (Fsp3) is 0.733. The number of aromatic nitrogens is 2. The Balaban J connectivity index is 2.47. The summed E-state index contributed by atoms with van der Waals surface area (Å²) >= 11 is 0. The third-order valence-electron chi connectivity index (χ3n) is 4.18. The summed E-state index contributed by atoms with van der Waals surface area (Å²) in [5, 5.41) is 0. The molecule has 1 aliphatic carbocycles. The maximum absolute atomic E-state index is 5.89. The first kappa shape index (κ1) is 15.2. The third-order valence-corrected chi connectivity index (χ3v) is 4.18. The van der Waals surface area contributed by atoms with E-state index < -0.39 is 5.60 Å². The van der Waals surface area contributed by atoms with E-state index in [4.69, 9.17) is 15.6 Å². The topological polar surface area (TPSA) is 73.1 Å². The Morgan fingerprint density at radius 3 is 2.60 bits per heavy atom. The van der Waals surface area contributed by atoms with E-state index in [0.29, 0.717) is 6.61 Å². The van der Waals surface area contributed by atoms with E-state index in [1.807, 2.05) is 6.92 Å². The molecular weight excluding hydrogens is 252 g/mol. The standard InChI is InChI=1S/C15H26N4O/c1-4-15(3,20-5-2)14-17-12-10-8-6-7-9-11(12)13(18-14)19-16/h4-10,16H2,1-3H3,(H,17,18,19). The predicted octanol–water partition coefficient (Wildman–Crippen LogP) is 2.69. The molecule has 5 heteroatoms. The molecule has 0 amide bonds. The maximum Gasteiger partial charge on any atom is 0.162 e. The van der Waals surface area contributed by atoms with Crippen LogP contribution in [-0.2, 0) is 23.2 Å². The number of nitrogen functional groups attached to an aromatic ring is 1. The zero-order valence-electron chi connectivity index (χ0n) is 12.8. The number of anilines is 1. The number of fused-ring (bicyclic) bond motifs is 1. The lowest BCUT2D eigenvalue weighted by Gasteiger charge is -2.28. The van der Waals surface area contributed by atoms with Crippen molar-refractivity contribution in [1.29, 1.82) is 0 Å². The van der Waals surface area contributed by atoms with E-state index >= 15 is 0 Å². The molecule has 0 spiro atoms. The molecule has 1 aromatic rings. The SMILES string of the molecule is CCOC(C)(CC)c1nc2c(c(NN)n1)CCCCC2. The summed E-state index contributed by atoms with van der Waals surface area (Å²) < 4.78 is 5.89. The highest BCUT2D eigenvalue weighted by Crippen LogP contribution is 2.31. The summed E-state index contributed by atoms with van der Waals surface area (Å²) in [6, 6.07) is 0. The molecule has 2 rings (SSSR count). The highest BCUT2D eigenvalue weighted by molar-refractivity contribution is 5.46. The van der Waals surface area contributed by atoms with Gasteiger partial charge in [-0.3, -0.25) is 0 Å². The Hall–Kier alpha value is -1.20. The lowest BCUT2D eigenvalue weighted by Crippen LogP contribution is -2.29. The second-order valence-electron chi connectivity index (χ2n) is 5.54. The van der Waals surface area contributed by atoms with Gasteiger partial charge in [0, 0.05) is 17.9 Å². The highest BCUT2D eigenvalue weighted by atomic mass is 16.5. The molecule has 0 bridgehead atoms. The molecule has 5 nitrogen and oxygen atoms in total. The quantitative estimate of drug-likeness (QED) is 0.492. The zero-order chi connectivity index (χ0) is 14.6. The van der Waals surface area contributed by atoms with Crippen molar-refractivity contribution in [3.8, 4) is 0 Å². The van der Waals surface area contributed by atoms with Crippen LogP contribution in [-0.4, -0.2) is 16.6 Å². The molecule has 1 heterocycles. The summed E-state index contributed by atoms with van der Waals surface area (Å²) in [5.74, 6) is 7.19. The van der Waals surface area contributed by atoms with Crippen molar-refractivity contribution >= 4 is 5.82 Å². The Morgan fingerprint density at radius 1 is 1.20 bits per heavy atom. The van der Waals surface area contributed by atoms with Gasteiger partial charge < -0.3 is 10.2 Å². The Kier molecular flexibility index (Phi) is 4.94. The average Bonchev–Trinajstić information content (AvgIpc) is 2.71. The number of aryl methyl sites for hydroxylation is 1. The van der Waals surface area contributed by atoms with Crippen LogP contribution in [0.25, 0.3) is 0 Å². The highest BCUT2D eigenvalue weighted by Gasteiger charge is 2.30. The minimum Gasteiger partial charge on any atom is -0.368 e. The van der Waals surface area contributed by atoms with Crippen molar-refractivity contribution in [1.82, 2.24) is 9.97 Å². The summed E-state index contributed by atoms with van der Waals surface area (Å²) in [6.45, 7) is 6.80. The van der Waals surface area contributed by atoms with Crippen molar-refractivity contribution in [2.75, 3.05) is 12.0 Å². The lowest BCUT2D eigenvalue weighted by atomic mass is 10.0. The number of nitrogens with one attached hydrogen (secondary N) is 1. The van der Waals surface area contributed by atoms with E-state index in [9.17, 15) is 0 Å². The molecule has 1 aromatic heterocycles. The van der Waals surface area contributed by atoms with Gasteiger partial charge in [-0.1, -0.05) is 13.3 Å². The summed E-state index contributed by atoms with van der Waals surface area (Å²) in [4.78, 5) is 9.45. The first-order chi connectivity index (χ1) is 9.64. The predicted molar refractivity (Wildman–Crippen MR) is 80.4 cm³/mol. The first-order valence-electron chi connectivity index (χ1n) is 7.65. The molecule has 3 N–H and O–H groups in total. The molecule has 20 heavy (non-hydrogen) atoms. The van der Waals surface area contributed by atoms with Gasteiger partial charge in [-0.25, -0.2) is 15.8 Å². The Bertz CT molecular complexity index is 463. The van der Waals surface area contributed by atoms with E-state index in [2.05, 4.69) is 24.3 Å². The molecule has 0 aromatic carbocycles. The van der Waals surface area contributed by atoms with Crippen molar-refractivity contribution in [2.45, 2.75) is 64.9 Å². The number of hydrogen-bond donors (Lipinski definition) is 2. The van der Waals surface area contributed by atoms with Crippen LogP contribution in [0.2, 0.25) is 0 Å². The fourth-order valence-electron chi connectivity index (χ4n) is 2.77. The van der Waals surface area contributed by atoms with Crippen molar-refractivity contribution < 1.29 is 4.74 Å². The number of hydrogen-bond acceptors (Lipinski definition) is 5. The first-order valence-corrected chi connectivity index (χ1v) is 7.65. The summed E-state index contributed by atoms with van der Waals surface area (Å²) in [5.41, 5.74) is 4.63. The number of nitrogens with two attached hydrogens (primary N) is 1. The summed E-state index contributed by atoms with van der Waals surface area (Å²) in [6.07, 6.45) is 6.46. The van der Waals surface area contributed by atoms with Gasteiger partial charge in [0.15, 0.2) is 5.82 Å². The van der Waals surface area contributed by atoms with E-state index in [1.165, 1.54) is 24.8 Å². The lowest BCUT2D eigenvalue weighted by molar-refractivity contribution is -0.0391. The molecule has 0 saturated heterocycles. The van der Waals surface area contributed by atoms with Crippen LogP contribution in [0, 0.1) is 0 Å². The second kappa shape index (κ2) is 6.50. The second-order valence-corrected chi connectivity index (χ2v) is 5.54. The minimum absolute atomic E-state index is 0.443. The van der Waals surface area contributed by atoms with Crippen LogP contribution < -0.4 is 11.3 Å². The number of hydrazine groups is 1. The van der Waals surface area contributed by atoms with Crippen molar-refractivity contribution in [3.63, 3.8) is 0 Å². The Labute approximate surface area is 121 Å². The minimum atomic E-state index is -0.443. The average molecular weight is 278 g/mol. The van der Waals surface area contributed by atoms with Gasteiger partial charge in [0.2, 0.25) is 0 Å². The molecule has 0 saturated carbocycles. The van der Waals surface area contributed by atoms with Crippen LogP contribution in [0.15, 0.2) is 0 Å². The van der Waals surface area contributed by atoms with Gasteiger partial charge in [0.25, 0.3) is 0 Å². The van der Waals surface area contributed by atoms with Gasteiger partial charge in [-0.05, 0) is 46.0 Å². The fourth-order valence-corrected chi connectivity index (χ4v) is 2.77.